The van der Waals surface area contributed by atoms with Gasteiger partial charge in [-0.05, 0) is 36.8 Å². The average molecular weight is 461 g/mol. The molecule has 4 rings (SSSR count). The first-order valence-corrected chi connectivity index (χ1v) is 11.1. The molecule has 10 heteroatoms. The Labute approximate surface area is 188 Å². The summed E-state index contributed by atoms with van der Waals surface area (Å²) in [4.78, 5) is 32.5. The number of fused-ring (bicyclic) bond motifs is 1. The molecule has 162 valence electrons. The summed E-state index contributed by atoms with van der Waals surface area (Å²) in [7, 11) is 0. The van der Waals surface area contributed by atoms with Gasteiger partial charge in [-0.25, -0.2) is 4.98 Å². The SMILES string of the molecule is Cc1c(Cl)ccc2sc(N(CCN3CCOCC3)C(=O)c3ccc([N+](=O)[O-])cc3)nc12. The highest BCUT2D eigenvalue weighted by atomic mass is 35.5. The Morgan fingerprint density at radius 2 is 1.97 bits per heavy atom. The van der Waals surface area contributed by atoms with Crippen LogP contribution in [0, 0.1) is 17.0 Å². The standard InChI is InChI=1S/C21H21ClN4O4S/c1-14-17(22)6-7-18-19(14)23-21(31-18)25(9-8-24-10-12-30-13-11-24)20(27)15-2-4-16(5-3-15)26(28)29/h2-7H,8-13H2,1H3. The number of ether oxygens (including phenoxy) is 1. The number of morpholine rings is 1. The Hall–Kier alpha value is -2.59. The normalized spacial score (nSPS) is 14.6. The van der Waals surface area contributed by atoms with Crippen molar-refractivity contribution in [2.75, 3.05) is 44.3 Å². The van der Waals surface area contributed by atoms with Crippen molar-refractivity contribution in [1.82, 2.24) is 9.88 Å². The van der Waals surface area contributed by atoms with Crippen LogP contribution in [0.4, 0.5) is 10.8 Å². The first-order chi connectivity index (χ1) is 14.9. The first kappa shape index (κ1) is 21.6. The molecule has 0 atom stereocenters. The third kappa shape index (κ3) is 4.69. The Balaban J connectivity index is 1.65. The molecule has 1 amide bonds. The van der Waals surface area contributed by atoms with Gasteiger partial charge in [-0.1, -0.05) is 22.9 Å². The quantitative estimate of drug-likeness (QED) is 0.405. The summed E-state index contributed by atoms with van der Waals surface area (Å²) in [5.74, 6) is -0.244. The number of hydrogen-bond donors (Lipinski definition) is 0. The number of hydrogen-bond acceptors (Lipinski definition) is 7. The van der Waals surface area contributed by atoms with Gasteiger partial charge in [0.25, 0.3) is 11.6 Å². The Morgan fingerprint density at radius 1 is 1.26 bits per heavy atom. The molecule has 3 aromatic rings. The second kappa shape index (κ2) is 9.27. The van der Waals surface area contributed by atoms with E-state index in [1.54, 1.807) is 4.90 Å². The summed E-state index contributed by atoms with van der Waals surface area (Å²) in [5, 5.41) is 12.2. The first-order valence-electron chi connectivity index (χ1n) is 9.86. The van der Waals surface area contributed by atoms with E-state index in [9.17, 15) is 14.9 Å². The summed E-state index contributed by atoms with van der Waals surface area (Å²) in [6.07, 6.45) is 0. The van der Waals surface area contributed by atoms with Crippen LogP contribution in [0.25, 0.3) is 10.2 Å². The van der Waals surface area contributed by atoms with Crippen molar-refractivity contribution in [3.63, 3.8) is 0 Å². The number of aromatic nitrogens is 1. The van der Waals surface area contributed by atoms with Gasteiger partial charge in [0.05, 0.1) is 28.4 Å². The number of carbonyl (C=O) groups is 1. The molecule has 1 aromatic heterocycles. The van der Waals surface area contributed by atoms with Gasteiger partial charge < -0.3 is 4.74 Å². The number of nitrogens with zero attached hydrogens (tertiary/aromatic N) is 4. The lowest BCUT2D eigenvalue weighted by Gasteiger charge is -2.29. The number of thiazole rings is 1. The molecule has 0 aliphatic carbocycles. The number of anilines is 1. The number of aryl methyl sites for hydroxylation is 1. The number of nitro groups is 1. The van der Waals surface area contributed by atoms with E-state index in [1.165, 1.54) is 35.6 Å². The van der Waals surface area contributed by atoms with Gasteiger partial charge in [-0.3, -0.25) is 24.7 Å². The van der Waals surface area contributed by atoms with Crippen LogP contribution in [0.3, 0.4) is 0 Å². The summed E-state index contributed by atoms with van der Waals surface area (Å²) in [6, 6.07) is 9.39. The third-order valence-electron chi connectivity index (χ3n) is 5.28. The average Bonchev–Trinajstić information content (AvgIpc) is 3.22. The van der Waals surface area contributed by atoms with Crippen molar-refractivity contribution in [1.29, 1.82) is 0 Å². The highest BCUT2D eigenvalue weighted by Crippen LogP contribution is 2.34. The number of rotatable bonds is 6. The number of benzene rings is 2. The fourth-order valence-corrected chi connectivity index (χ4v) is 4.64. The lowest BCUT2D eigenvalue weighted by Crippen LogP contribution is -2.43. The van der Waals surface area contributed by atoms with Gasteiger partial charge >= 0.3 is 0 Å². The van der Waals surface area contributed by atoms with E-state index in [4.69, 9.17) is 21.3 Å². The fourth-order valence-electron chi connectivity index (χ4n) is 3.44. The van der Waals surface area contributed by atoms with E-state index in [0.29, 0.717) is 42.0 Å². The minimum Gasteiger partial charge on any atom is -0.379 e. The smallest absolute Gasteiger partial charge is 0.269 e. The van der Waals surface area contributed by atoms with E-state index in [2.05, 4.69) is 4.90 Å². The van der Waals surface area contributed by atoms with E-state index >= 15 is 0 Å². The van der Waals surface area contributed by atoms with E-state index in [0.717, 1.165) is 28.9 Å². The third-order valence-corrected chi connectivity index (χ3v) is 6.73. The zero-order chi connectivity index (χ0) is 22.0. The Kier molecular flexibility index (Phi) is 6.47. The number of halogens is 1. The number of non-ortho nitro benzene ring substituents is 1. The minimum absolute atomic E-state index is 0.0540. The van der Waals surface area contributed by atoms with Crippen molar-refractivity contribution in [2.24, 2.45) is 0 Å². The topological polar surface area (TPSA) is 88.8 Å². The van der Waals surface area contributed by atoms with Crippen LogP contribution in [-0.4, -0.2) is 60.1 Å². The number of amides is 1. The maximum atomic E-state index is 13.4. The van der Waals surface area contributed by atoms with Crippen molar-refractivity contribution < 1.29 is 14.5 Å². The molecule has 31 heavy (non-hydrogen) atoms. The van der Waals surface area contributed by atoms with Crippen LogP contribution in [-0.2, 0) is 4.74 Å². The number of nitro benzene ring substituents is 1. The predicted molar refractivity (Wildman–Crippen MR) is 121 cm³/mol. The van der Waals surface area contributed by atoms with Gasteiger partial charge in [-0.15, -0.1) is 0 Å². The fraction of sp³-hybridized carbons (Fsp3) is 0.333. The molecule has 0 bridgehead atoms. The molecular weight excluding hydrogens is 440 g/mol. The van der Waals surface area contributed by atoms with Crippen molar-refractivity contribution in [2.45, 2.75) is 6.92 Å². The Morgan fingerprint density at radius 3 is 2.65 bits per heavy atom. The molecular formula is C21H21ClN4O4S. The molecule has 1 aliphatic heterocycles. The molecule has 8 nitrogen and oxygen atoms in total. The van der Waals surface area contributed by atoms with Crippen molar-refractivity contribution in [3.8, 4) is 0 Å². The zero-order valence-corrected chi connectivity index (χ0v) is 18.5. The van der Waals surface area contributed by atoms with Crippen molar-refractivity contribution in [3.05, 3.63) is 62.7 Å². The maximum absolute atomic E-state index is 13.4. The van der Waals surface area contributed by atoms with Gasteiger partial charge in [0, 0.05) is 48.9 Å². The molecule has 0 unspecified atom stereocenters. The van der Waals surface area contributed by atoms with Crippen LogP contribution in [0.1, 0.15) is 15.9 Å². The van der Waals surface area contributed by atoms with Crippen LogP contribution >= 0.6 is 22.9 Å². The maximum Gasteiger partial charge on any atom is 0.269 e. The molecule has 2 aromatic carbocycles. The molecule has 1 saturated heterocycles. The second-order valence-corrected chi connectivity index (χ2v) is 8.65. The van der Waals surface area contributed by atoms with Crippen LogP contribution in [0.5, 0.6) is 0 Å². The molecule has 1 fully saturated rings. The molecule has 0 N–H and O–H groups in total. The molecule has 1 aliphatic rings. The van der Waals surface area contributed by atoms with Crippen molar-refractivity contribution >= 4 is 49.9 Å². The second-order valence-electron chi connectivity index (χ2n) is 7.23. The molecule has 0 saturated carbocycles. The van der Waals surface area contributed by atoms with Crippen LogP contribution < -0.4 is 4.90 Å². The van der Waals surface area contributed by atoms with Crippen LogP contribution in [0.15, 0.2) is 36.4 Å². The van der Waals surface area contributed by atoms with Gasteiger partial charge in [0.1, 0.15) is 0 Å². The lowest BCUT2D eigenvalue weighted by molar-refractivity contribution is -0.384. The minimum atomic E-state index is -0.482. The van der Waals surface area contributed by atoms with Gasteiger partial charge in [0.15, 0.2) is 5.13 Å². The zero-order valence-electron chi connectivity index (χ0n) is 16.9. The summed E-state index contributed by atoms with van der Waals surface area (Å²) in [6.45, 7) is 6.01. The van der Waals surface area contributed by atoms with E-state index in [-0.39, 0.29) is 11.6 Å². The molecule has 2 heterocycles. The van der Waals surface area contributed by atoms with Gasteiger partial charge in [0.2, 0.25) is 0 Å². The predicted octanol–water partition coefficient (Wildman–Crippen LogP) is 4.15. The Bertz CT molecular complexity index is 1110. The summed E-state index contributed by atoms with van der Waals surface area (Å²) >= 11 is 7.68. The highest BCUT2D eigenvalue weighted by Gasteiger charge is 2.24. The monoisotopic (exact) mass is 460 g/mol. The van der Waals surface area contributed by atoms with Gasteiger partial charge in [-0.2, -0.15) is 0 Å². The molecule has 0 spiro atoms. The number of carbonyl (C=O) groups excluding carboxylic acids is 1. The van der Waals surface area contributed by atoms with E-state index < -0.39 is 4.92 Å². The summed E-state index contributed by atoms with van der Waals surface area (Å²) in [5.41, 5.74) is 1.97. The largest absolute Gasteiger partial charge is 0.379 e. The lowest BCUT2D eigenvalue weighted by atomic mass is 10.2. The van der Waals surface area contributed by atoms with E-state index in [1.807, 2.05) is 19.1 Å². The van der Waals surface area contributed by atoms with Crippen LogP contribution in [0.2, 0.25) is 5.02 Å². The highest BCUT2D eigenvalue weighted by molar-refractivity contribution is 7.22. The molecule has 0 radical (unpaired) electrons. The summed E-state index contributed by atoms with van der Waals surface area (Å²) < 4.78 is 6.35.